The Bertz CT molecular complexity index is 537. The van der Waals surface area contributed by atoms with Gasteiger partial charge in [-0.2, -0.15) is 5.10 Å². The molecule has 1 aromatic carbocycles. The van der Waals surface area contributed by atoms with Crippen molar-refractivity contribution in [2.75, 3.05) is 6.54 Å². The molecule has 0 fully saturated rings. The number of nitrogens with zero attached hydrogens (tertiary/aromatic N) is 1. The Morgan fingerprint density at radius 3 is 2.79 bits per heavy atom. The van der Waals surface area contributed by atoms with E-state index in [1.165, 1.54) is 5.56 Å². The highest BCUT2D eigenvalue weighted by Crippen LogP contribution is 2.22. The van der Waals surface area contributed by atoms with E-state index < -0.39 is 0 Å². The van der Waals surface area contributed by atoms with Gasteiger partial charge in [-0.15, -0.1) is 0 Å². The fourth-order valence-electron chi connectivity index (χ4n) is 1.91. The van der Waals surface area contributed by atoms with E-state index in [-0.39, 0.29) is 0 Å². The van der Waals surface area contributed by atoms with E-state index in [2.05, 4.69) is 15.5 Å². The zero-order valence-corrected chi connectivity index (χ0v) is 12.4. The van der Waals surface area contributed by atoms with Crippen LogP contribution in [-0.4, -0.2) is 16.7 Å². The zero-order chi connectivity index (χ0) is 13.7. The van der Waals surface area contributed by atoms with Gasteiger partial charge in [0.2, 0.25) is 0 Å². The SMILES string of the molecule is Cc1[nH]ncc1CCCNCc1ccc(Cl)c(Cl)c1. The molecular formula is C14H17Cl2N3. The first-order valence-electron chi connectivity index (χ1n) is 6.30. The molecule has 0 aliphatic rings. The number of rotatable bonds is 6. The predicted octanol–water partition coefficient (Wildman–Crippen LogP) is 3.75. The number of halogens is 2. The third kappa shape index (κ3) is 4.23. The van der Waals surface area contributed by atoms with E-state index in [0.717, 1.165) is 37.2 Å². The predicted molar refractivity (Wildman–Crippen MR) is 79.8 cm³/mol. The molecule has 0 radical (unpaired) electrons. The molecule has 0 saturated heterocycles. The smallest absolute Gasteiger partial charge is 0.0595 e. The van der Waals surface area contributed by atoms with Crippen LogP contribution in [0.1, 0.15) is 23.2 Å². The quantitative estimate of drug-likeness (QED) is 0.797. The van der Waals surface area contributed by atoms with Crippen molar-refractivity contribution in [1.82, 2.24) is 15.5 Å². The lowest BCUT2D eigenvalue weighted by Gasteiger charge is -2.06. The Morgan fingerprint density at radius 2 is 2.11 bits per heavy atom. The number of aryl methyl sites for hydroxylation is 2. The second kappa shape index (κ2) is 6.94. The number of aromatic nitrogens is 2. The van der Waals surface area contributed by atoms with Gasteiger partial charge in [-0.3, -0.25) is 5.10 Å². The van der Waals surface area contributed by atoms with E-state index in [4.69, 9.17) is 23.2 Å². The fourth-order valence-corrected chi connectivity index (χ4v) is 2.23. The molecule has 2 N–H and O–H groups in total. The van der Waals surface area contributed by atoms with Crippen LogP contribution in [0.4, 0.5) is 0 Å². The molecule has 1 heterocycles. The lowest BCUT2D eigenvalue weighted by atomic mass is 10.1. The third-order valence-corrected chi connectivity index (χ3v) is 3.79. The molecule has 3 nitrogen and oxygen atoms in total. The standard InChI is InChI=1S/C14H17Cl2N3/c1-10-12(9-18-19-10)3-2-6-17-8-11-4-5-13(15)14(16)7-11/h4-5,7,9,17H,2-3,6,8H2,1H3,(H,18,19). The molecule has 2 rings (SSSR count). The van der Waals surface area contributed by atoms with Gasteiger partial charge in [0, 0.05) is 12.2 Å². The summed E-state index contributed by atoms with van der Waals surface area (Å²) < 4.78 is 0. The second-order valence-electron chi connectivity index (χ2n) is 4.55. The summed E-state index contributed by atoms with van der Waals surface area (Å²) in [4.78, 5) is 0. The lowest BCUT2D eigenvalue weighted by molar-refractivity contribution is 0.649. The Morgan fingerprint density at radius 1 is 1.26 bits per heavy atom. The molecule has 2 aromatic rings. The maximum atomic E-state index is 5.97. The molecule has 19 heavy (non-hydrogen) atoms. The van der Waals surface area contributed by atoms with Crippen LogP contribution in [0.25, 0.3) is 0 Å². The van der Waals surface area contributed by atoms with E-state index in [1.807, 2.05) is 31.3 Å². The molecule has 1 aromatic heterocycles. The van der Waals surface area contributed by atoms with Crippen molar-refractivity contribution < 1.29 is 0 Å². The summed E-state index contributed by atoms with van der Waals surface area (Å²) >= 11 is 11.8. The molecule has 0 spiro atoms. The van der Waals surface area contributed by atoms with Gasteiger partial charge in [0.05, 0.1) is 16.2 Å². The Balaban J connectivity index is 1.69. The summed E-state index contributed by atoms with van der Waals surface area (Å²) in [6, 6.07) is 5.72. The summed E-state index contributed by atoms with van der Waals surface area (Å²) in [6.45, 7) is 3.82. The normalized spacial score (nSPS) is 10.9. The van der Waals surface area contributed by atoms with E-state index in [9.17, 15) is 0 Å². The van der Waals surface area contributed by atoms with Crippen molar-refractivity contribution in [2.24, 2.45) is 0 Å². The minimum absolute atomic E-state index is 0.598. The van der Waals surface area contributed by atoms with Gasteiger partial charge in [-0.1, -0.05) is 29.3 Å². The van der Waals surface area contributed by atoms with Crippen molar-refractivity contribution in [3.8, 4) is 0 Å². The fraction of sp³-hybridized carbons (Fsp3) is 0.357. The van der Waals surface area contributed by atoms with Crippen LogP contribution in [0, 0.1) is 6.92 Å². The average molecular weight is 298 g/mol. The van der Waals surface area contributed by atoms with Gasteiger partial charge in [0.25, 0.3) is 0 Å². The first-order chi connectivity index (χ1) is 9.16. The topological polar surface area (TPSA) is 40.7 Å². The minimum Gasteiger partial charge on any atom is -0.313 e. The highest BCUT2D eigenvalue weighted by molar-refractivity contribution is 6.42. The highest BCUT2D eigenvalue weighted by atomic mass is 35.5. The monoisotopic (exact) mass is 297 g/mol. The van der Waals surface area contributed by atoms with Crippen LogP contribution >= 0.6 is 23.2 Å². The average Bonchev–Trinajstić information content (AvgIpc) is 2.79. The van der Waals surface area contributed by atoms with Crippen LogP contribution in [0.2, 0.25) is 10.0 Å². The van der Waals surface area contributed by atoms with E-state index in [1.54, 1.807) is 0 Å². The molecule has 0 amide bonds. The van der Waals surface area contributed by atoms with Crippen molar-refractivity contribution in [3.63, 3.8) is 0 Å². The van der Waals surface area contributed by atoms with Gasteiger partial charge in [-0.25, -0.2) is 0 Å². The molecule has 0 bridgehead atoms. The maximum absolute atomic E-state index is 5.97. The number of nitrogens with one attached hydrogen (secondary N) is 2. The van der Waals surface area contributed by atoms with Gasteiger partial charge in [0.1, 0.15) is 0 Å². The Hall–Kier alpha value is -1.03. The molecule has 0 aliphatic carbocycles. The van der Waals surface area contributed by atoms with Crippen LogP contribution in [0.5, 0.6) is 0 Å². The Labute approximate surface area is 123 Å². The largest absolute Gasteiger partial charge is 0.313 e. The van der Waals surface area contributed by atoms with Gasteiger partial charge < -0.3 is 5.32 Å². The van der Waals surface area contributed by atoms with Crippen molar-refractivity contribution in [3.05, 3.63) is 51.3 Å². The first-order valence-corrected chi connectivity index (χ1v) is 7.06. The van der Waals surface area contributed by atoms with Crippen molar-refractivity contribution in [2.45, 2.75) is 26.3 Å². The molecule has 102 valence electrons. The zero-order valence-electron chi connectivity index (χ0n) is 10.8. The third-order valence-electron chi connectivity index (χ3n) is 3.05. The van der Waals surface area contributed by atoms with E-state index in [0.29, 0.717) is 10.0 Å². The summed E-state index contributed by atoms with van der Waals surface area (Å²) in [7, 11) is 0. The van der Waals surface area contributed by atoms with Crippen LogP contribution < -0.4 is 5.32 Å². The van der Waals surface area contributed by atoms with E-state index >= 15 is 0 Å². The molecule has 0 unspecified atom stereocenters. The molecule has 5 heteroatoms. The minimum atomic E-state index is 0.598. The van der Waals surface area contributed by atoms with Gasteiger partial charge in [-0.05, 0) is 49.6 Å². The number of H-pyrrole nitrogens is 1. The van der Waals surface area contributed by atoms with Gasteiger partial charge >= 0.3 is 0 Å². The number of benzene rings is 1. The summed E-state index contributed by atoms with van der Waals surface area (Å²) in [5, 5.41) is 11.6. The molecule has 0 atom stereocenters. The molecular weight excluding hydrogens is 281 g/mol. The van der Waals surface area contributed by atoms with Crippen molar-refractivity contribution >= 4 is 23.2 Å². The second-order valence-corrected chi connectivity index (χ2v) is 5.36. The first kappa shape index (κ1) is 14.4. The number of aromatic amines is 1. The molecule has 0 aliphatic heterocycles. The number of hydrogen-bond acceptors (Lipinski definition) is 2. The maximum Gasteiger partial charge on any atom is 0.0595 e. The van der Waals surface area contributed by atoms with Crippen molar-refractivity contribution in [1.29, 1.82) is 0 Å². The summed E-state index contributed by atoms with van der Waals surface area (Å²) in [5.41, 5.74) is 3.59. The molecule has 0 saturated carbocycles. The highest BCUT2D eigenvalue weighted by Gasteiger charge is 2.01. The van der Waals surface area contributed by atoms with Crippen LogP contribution in [-0.2, 0) is 13.0 Å². The van der Waals surface area contributed by atoms with Gasteiger partial charge in [0.15, 0.2) is 0 Å². The summed E-state index contributed by atoms with van der Waals surface area (Å²) in [5.74, 6) is 0. The lowest BCUT2D eigenvalue weighted by Crippen LogP contribution is -2.15. The summed E-state index contributed by atoms with van der Waals surface area (Å²) in [6.07, 6.45) is 4.02. The number of hydrogen-bond donors (Lipinski definition) is 2. The Kier molecular flexibility index (Phi) is 5.25. The van der Waals surface area contributed by atoms with Crippen LogP contribution in [0.3, 0.4) is 0 Å². The van der Waals surface area contributed by atoms with Crippen LogP contribution in [0.15, 0.2) is 24.4 Å².